The van der Waals surface area contributed by atoms with Crippen LogP contribution in [0.3, 0.4) is 0 Å². The Kier molecular flexibility index (Phi) is 4.77. The minimum atomic E-state index is 0.547. The summed E-state index contributed by atoms with van der Waals surface area (Å²) < 4.78 is 2.16. The van der Waals surface area contributed by atoms with E-state index in [2.05, 4.69) is 50.3 Å². The molecule has 0 aromatic heterocycles. The summed E-state index contributed by atoms with van der Waals surface area (Å²) in [5.41, 5.74) is 3.55. The molecule has 0 unspecified atom stereocenters. The Morgan fingerprint density at radius 1 is 0.947 bits per heavy atom. The minimum absolute atomic E-state index is 0.547. The van der Waals surface area contributed by atoms with Crippen LogP contribution in [-0.4, -0.2) is 4.86 Å². The fraction of sp³-hybridized carbons (Fsp3) is 0.143. The van der Waals surface area contributed by atoms with Crippen LogP contribution in [0.2, 0.25) is 0 Å². The summed E-state index contributed by atoms with van der Waals surface area (Å²) in [6, 6.07) is 11.3. The van der Waals surface area contributed by atoms with Gasteiger partial charge in [-0.3, -0.25) is 0 Å². The van der Waals surface area contributed by atoms with Crippen LogP contribution in [0.25, 0.3) is 0 Å². The van der Waals surface area contributed by atoms with Crippen LogP contribution in [-0.2, 0) is 0 Å². The van der Waals surface area contributed by atoms with E-state index in [0.29, 0.717) is 16.2 Å². The zero-order valence-corrected chi connectivity index (χ0v) is 14.8. The van der Waals surface area contributed by atoms with Crippen molar-refractivity contribution in [3.63, 3.8) is 0 Å². The van der Waals surface area contributed by atoms with Crippen LogP contribution in [0.5, 0.6) is 0 Å². The number of benzene rings is 2. The van der Waals surface area contributed by atoms with Crippen molar-refractivity contribution in [2.45, 2.75) is 13.8 Å². The number of azo groups is 1. The normalized spacial score (nSPS) is 11.7. The van der Waals surface area contributed by atoms with E-state index < -0.39 is 0 Å². The maximum atomic E-state index is 12.0. The van der Waals surface area contributed by atoms with Gasteiger partial charge in [0.15, 0.2) is 0 Å². The average molecular weight is 478 g/mol. The lowest BCUT2D eigenvalue weighted by atomic mass is 10.2. The van der Waals surface area contributed by atoms with E-state index in [-0.39, 0.29) is 0 Å². The first-order valence-electron chi connectivity index (χ1n) is 5.68. The topological polar surface area (TPSA) is 38.4 Å². The second-order valence-corrected chi connectivity index (χ2v) is 6.56. The lowest BCUT2D eigenvalue weighted by Crippen LogP contribution is -1.92. The zero-order chi connectivity index (χ0) is 14.0. The first-order valence-corrected chi connectivity index (χ1v) is 7.84. The van der Waals surface area contributed by atoms with Crippen molar-refractivity contribution in [1.82, 2.24) is 0 Å². The SMILES string of the molecule is Cc1ccc(N=[N+]([O-])c2ccc(C)c(I)c2)cc1I. The Hall–Kier alpha value is -0.700. The lowest BCUT2D eigenvalue weighted by molar-refractivity contribution is -0.435. The molecular weight excluding hydrogens is 466 g/mol. The molecule has 0 heterocycles. The number of halogens is 2. The molecule has 0 aliphatic heterocycles. The molecule has 0 spiro atoms. The summed E-state index contributed by atoms with van der Waals surface area (Å²) in [6.07, 6.45) is 0. The molecule has 0 aliphatic carbocycles. The van der Waals surface area contributed by atoms with Crippen LogP contribution in [0, 0.1) is 26.2 Å². The molecule has 0 fully saturated rings. The number of hydrogen-bond donors (Lipinski definition) is 0. The standard InChI is InChI=1S/C14H12I2N2O/c1-9-3-5-11(7-13(9)15)17-18(19)12-6-4-10(2)14(16)8-12/h3-8H,1-2H3. The fourth-order valence-electron chi connectivity index (χ4n) is 1.51. The van der Waals surface area contributed by atoms with E-state index in [0.717, 1.165) is 12.7 Å². The van der Waals surface area contributed by atoms with E-state index in [9.17, 15) is 5.21 Å². The highest BCUT2D eigenvalue weighted by atomic mass is 127. The van der Waals surface area contributed by atoms with Gasteiger partial charge in [-0.2, -0.15) is 0 Å². The summed E-state index contributed by atoms with van der Waals surface area (Å²) in [5, 5.41) is 16.1. The van der Waals surface area contributed by atoms with Gasteiger partial charge in [0.25, 0.3) is 0 Å². The molecular formula is C14H12I2N2O. The molecule has 98 valence electrons. The smallest absolute Gasteiger partial charge is 0.245 e. The van der Waals surface area contributed by atoms with Gasteiger partial charge < -0.3 is 5.21 Å². The molecule has 0 saturated heterocycles. The highest BCUT2D eigenvalue weighted by Gasteiger charge is 2.07. The number of aryl methyl sites for hydroxylation is 2. The molecule has 2 aromatic rings. The van der Waals surface area contributed by atoms with Crippen LogP contribution in [0.15, 0.2) is 41.5 Å². The highest BCUT2D eigenvalue weighted by Crippen LogP contribution is 2.23. The molecule has 0 saturated carbocycles. The molecule has 0 aliphatic rings. The second kappa shape index (κ2) is 6.17. The van der Waals surface area contributed by atoms with E-state index in [1.807, 2.05) is 44.2 Å². The fourth-order valence-corrected chi connectivity index (χ4v) is 2.51. The molecule has 0 atom stereocenters. The molecule has 0 amide bonds. The van der Waals surface area contributed by atoms with Crippen molar-refractivity contribution in [3.05, 3.63) is 59.9 Å². The van der Waals surface area contributed by atoms with Gasteiger partial charge in [0, 0.05) is 24.4 Å². The third kappa shape index (κ3) is 3.65. The van der Waals surface area contributed by atoms with Gasteiger partial charge >= 0.3 is 0 Å². The molecule has 2 rings (SSSR count). The van der Waals surface area contributed by atoms with Crippen molar-refractivity contribution >= 4 is 56.6 Å². The number of nitrogens with zero attached hydrogens (tertiary/aromatic N) is 2. The predicted molar refractivity (Wildman–Crippen MR) is 93.2 cm³/mol. The molecule has 0 bridgehead atoms. The van der Waals surface area contributed by atoms with Crippen molar-refractivity contribution in [2.24, 2.45) is 5.11 Å². The third-order valence-corrected chi connectivity index (χ3v) is 5.06. The molecule has 3 nitrogen and oxygen atoms in total. The molecule has 2 aromatic carbocycles. The Morgan fingerprint density at radius 3 is 2.11 bits per heavy atom. The van der Waals surface area contributed by atoms with Gasteiger partial charge in [0.1, 0.15) is 5.69 Å². The average Bonchev–Trinajstić information content (AvgIpc) is 2.37. The molecule has 0 radical (unpaired) electrons. The molecule has 5 heteroatoms. The Bertz CT molecular complexity index is 654. The quantitative estimate of drug-likeness (QED) is 0.246. The Morgan fingerprint density at radius 2 is 1.53 bits per heavy atom. The van der Waals surface area contributed by atoms with Gasteiger partial charge in [0.05, 0.1) is 0 Å². The van der Waals surface area contributed by atoms with Crippen molar-refractivity contribution in [3.8, 4) is 0 Å². The zero-order valence-electron chi connectivity index (χ0n) is 10.5. The van der Waals surface area contributed by atoms with Gasteiger partial charge in [0.2, 0.25) is 5.69 Å². The summed E-state index contributed by atoms with van der Waals surface area (Å²) in [7, 11) is 0. The molecule has 0 N–H and O–H groups in total. The first-order chi connectivity index (χ1) is 8.97. The largest absolute Gasteiger partial charge is 0.594 e. The maximum absolute atomic E-state index is 12.0. The van der Waals surface area contributed by atoms with Crippen molar-refractivity contribution < 1.29 is 4.86 Å². The molecule has 19 heavy (non-hydrogen) atoms. The van der Waals surface area contributed by atoms with Crippen LogP contribution >= 0.6 is 45.2 Å². The van der Waals surface area contributed by atoms with E-state index >= 15 is 0 Å². The number of rotatable bonds is 2. The Balaban J connectivity index is 2.36. The van der Waals surface area contributed by atoms with Gasteiger partial charge in [-0.05, 0) is 82.3 Å². The summed E-state index contributed by atoms with van der Waals surface area (Å²) in [4.78, 5) is 0.669. The first kappa shape index (κ1) is 14.7. The summed E-state index contributed by atoms with van der Waals surface area (Å²) in [5.74, 6) is 0. The minimum Gasteiger partial charge on any atom is -0.594 e. The summed E-state index contributed by atoms with van der Waals surface area (Å²) in [6.45, 7) is 4.04. The van der Waals surface area contributed by atoms with Crippen molar-refractivity contribution in [1.29, 1.82) is 0 Å². The monoisotopic (exact) mass is 478 g/mol. The maximum Gasteiger partial charge on any atom is 0.245 e. The highest BCUT2D eigenvalue weighted by molar-refractivity contribution is 14.1. The van der Waals surface area contributed by atoms with Gasteiger partial charge in [-0.15, -0.1) is 0 Å². The van der Waals surface area contributed by atoms with E-state index in [1.165, 1.54) is 5.56 Å². The third-order valence-electron chi connectivity index (χ3n) is 2.74. The lowest BCUT2D eigenvalue weighted by Gasteiger charge is -2.03. The summed E-state index contributed by atoms with van der Waals surface area (Å²) >= 11 is 4.45. The van der Waals surface area contributed by atoms with E-state index in [1.54, 1.807) is 6.07 Å². The van der Waals surface area contributed by atoms with Crippen LogP contribution in [0.4, 0.5) is 11.4 Å². The van der Waals surface area contributed by atoms with Crippen LogP contribution < -0.4 is 0 Å². The van der Waals surface area contributed by atoms with Gasteiger partial charge in [-0.25, -0.2) is 0 Å². The van der Waals surface area contributed by atoms with Crippen LogP contribution in [0.1, 0.15) is 11.1 Å². The number of hydrogen-bond acceptors (Lipinski definition) is 2. The second-order valence-electron chi connectivity index (χ2n) is 4.24. The Labute approximate surface area is 139 Å². The van der Waals surface area contributed by atoms with E-state index in [4.69, 9.17) is 0 Å². The van der Waals surface area contributed by atoms with Crippen molar-refractivity contribution in [2.75, 3.05) is 0 Å². The van der Waals surface area contributed by atoms with Gasteiger partial charge in [-0.1, -0.05) is 17.0 Å². The predicted octanol–water partition coefficient (Wildman–Crippen LogP) is 5.44.